The monoisotopic (exact) mass is 267 g/mol. The third-order valence-corrected chi connectivity index (χ3v) is 4.79. The number of carbonyl (C=O) groups excluding carboxylic acids is 1. The van der Waals surface area contributed by atoms with Gasteiger partial charge in [0.15, 0.2) is 0 Å². The molecule has 2 aliphatic rings. The van der Waals surface area contributed by atoms with Crippen molar-refractivity contribution in [2.24, 2.45) is 11.8 Å². The van der Waals surface area contributed by atoms with Gasteiger partial charge in [-0.2, -0.15) is 0 Å². The van der Waals surface area contributed by atoms with E-state index in [9.17, 15) is 9.90 Å². The van der Waals surface area contributed by atoms with Gasteiger partial charge in [0.1, 0.15) is 0 Å². The normalized spacial score (nSPS) is 29.7. The van der Waals surface area contributed by atoms with Gasteiger partial charge >= 0.3 is 0 Å². The van der Waals surface area contributed by atoms with E-state index in [2.05, 4.69) is 5.32 Å². The molecule has 0 radical (unpaired) electrons. The molecule has 0 aromatic heterocycles. The standard InChI is InChI=1S/C16H29NO2/c18-15-9-5-8-14(10-15)12-17-16(19)11-13-6-3-1-2-4-7-13/h13-15,18H,1-12H2,(H,17,19). The van der Waals surface area contributed by atoms with Crippen LogP contribution in [0.15, 0.2) is 0 Å². The Hall–Kier alpha value is -0.570. The molecule has 0 aromatic carbocycles. The van der Waals surface area contributed by atoms with E-state index >= 15 is 0 Å². The van der Waals surface area contributed by atoms with Crippen molar-refractivity contribution in [3.05, 3.63) is 0 Å². The number of aliphatic hydroxyl groups excluding tert-OH is 1. The lowest BCUT2D eigenvalue weighted by atomic mass is 9.87. The predicted octanol–water partition coefficient (Wildman–Crippen LogP) is 3.01. The summed E-state index contributed by atoms with van der Waals surface area (Å²) in [5, 5.41) is 12.7. The number of carbonyl (C=O) groups is 1. The van der Waals surface area contributed by atoms with Crippen LogP contribution in [0.2, 0.25) is 0 Å². The van der Waals surface area contributed by atoms with E-state index in [0.29, 0.717) is 11.8 Å². The molecule has 2 unspecified atom stereocenters. The molecule has 2 fully saturated rings. The molecule has 0 heterocycles. The molecule has 110 valence electrons. The minimum atomic E-state index is -0.141. The second-order valence-corrected chi connectivity index (χ2v) is 6.55. The fourth-order valence-electron chi connectivity index (χ4n) is 3.61. The summed E-state index contributed by atoms with van der Waals surface area (Å²) in [6, 6.07) is 0. The van der Waals surface area contributed by atoms with E-state index in [1.54, 1.807) is 0 Å². The fraction of sp³-hybridized carbons (Fsp3) is 0.938. The van der Waals surface area contributed by atoms with Crippen molar-refractivity contribution < 1.29 is 9.90 Å². The Morgan fingerprint density at radius 1 is 0.947 bits per heavy atom. The van der Waals surface area contributed by atoms with Gasteiger partial charge in [-0.25, -0.2) is 0 Å². The van der Waals surface area contributed by atoms with Crippen molar-refractivity contribution in [1.29, 1.82) is 0 Å². The van der Waals surface area contributed by atoms with Gasteiger partial charge in [0.2, 0.25) is 5.91 Å². The molecule has 2 atom stereocenters. The summed E-state index contributed by atoms with van der Waals surface area (Å²) in [6.07, 6.45) is 12.4. The first-order valence-corrected chi connectivity index (χ1v) is 8.19. The predicted molar refractivity (Wildman–Crippen MR) is 76.8 cm³/mol. The molecule has 3 nitrogen and oxygen atoms in total. The number of amides is 1. The number of rotatable bonds is 4. The van der Waals surface area contributed by atoms with Gasteiger partial charge in [-0.05, 0) is 43.9 Å². The SMILES string of the molecule is O=C(CC1CCCCCC1)NCC1CCCC(O)C1. The number of nitrogens with one attached hydrogen (secondary N) is 1. The summed E-state index contributed by atoms with van der Waals surface area (Å²) in [7, 11) is 0. The Morgan fingerprint density at radius 3 is 2.32 bits per heavy atom. The average molecular weight is 267 g/mol. The summed E-state index contributed by atoms with van der Waals surface area (Å²) in [5.41, 5.74) is 0. The van der Waals surface area contributed by atoms with Crippen LogP contribution < -0.4 is 5.32 Å². The third kappa shape index (κ3) is 5.52. The highest BCUT2D eigenvalue weighted by Gasteiger charge is 2.21. The minimum Gasteiger partial charge on any atom is -0.393 e. The molecule has 0 aromatic rings. The summed E-state index contributed by atoms with van der Waals surface area (Å²) in [5.74, 6) is 1.33. The maximum atomic E-state index is 12.0. The van der Waals surface area contributed by atoms with Gasteiger partial charge in [0.05, 0.1) is 6.10 Å². The lowest BCUT2D eigenvalue weighted by molar-refractivity contribution is -0.122. The summed E-state index contributed by atoms with van der Waals surface area (Å²) < 4.78 is 0. The Kier molecular flexibility index (Phi) is 6.15. The first-order valence-electron chi connectivity index (χ1n) is 8.19. The van der Waals surface area contributed by atoms with Crippen LogP contribution in [-0.2, 0) is 4.79 Å². The highest BCUT2D eigenvalue weighted by molar-refractivity contribution is 5.76. The van der Waals surface area contributed by atoms with E-state index < -0.39 is 0 Å². The van der Waals surface area contributed by atoms with Crippen LogP contribution in [0.25, 0.3) is 0 Å². The molecule has 0 bridgehead atoms. The summed E-state index contributed by atoms with van der Waals surface area (Å²) in [6.45, 7) is 0.766. The van der Waals surface area contributed by atoms with E-state index in [4.69, 9.17) is 0 Å². The second kappa shape index (κ2) is 7.88. The zero-order valence-corrected chi connectivity index (χ0v) is 12.1. The minimum absolute atomic E-state index is 0.141. The highest BCUT2D eigenvalue weighted by Crippen LogP contribution is 2.26. The first-order chi connectivity index (χ1) is 9.24. The largest absolute Gasteiger partial charge is 0.393 e. The molecular weight excluding hydrogens is 238 g/mol. The third-order valence-electron chi connectivity index (χ3n) is 4.79. The summed E-state index contributed by atoms with van der Waals surface area (Å²) in [4.78, 5) is 12.0. The lowest BCUT2D eigenvalue weighted by Crippen LogP contribution is -2.33. The molecule has 2 saturated carbocycles. The molecule has 0 spiro atoms. The van der Waals surface area contributed by atoms with Crippen LogP contribution in [0.4, 0.5) is 0 Å². The van der Waals surface area contributed by atoms with Gasteiger partial charge in [0.25, 0.3) is 0 Å². The van der Waals surface area contributed by atoms with Crippen LogP contribution in [0.1, 0.15) is 70.6 Å². The molecule has 1 amide bonds. The van der Waals surface area contributed by atoms with Crippen molar-refractivity contribution in [2.45, 2.75) is 76.7 Å². The van der Waals surface area contributed by atoms with Gasteiger partial charge in [-0.3, -0.25) is 4.79 Å². The van der Waals surface area contributed by atoms with Crippen LogP contribution in [0.3, 0.4) is 0 Å². The zero-order chi connectivity index (χ0) is 13.5. The van der Waals surface area contributed by atoms with Gasteiger partial charge < -0.3 is 10.4 Å². The molecule has 2 N–H and O–H groups in total. The van der Waals surface area contributed by atoms with Crippen molar-refractivity contribution in [1.82, 2.24) is 5.32 Å². The van der Waals surface area contributed by atoms with Crippen LogP contribution in [-0.4, -0.2) is 23.7 Å². The smallest absolute Gasteiger partial charge is 0.220 e. The van der Waals surface area contributed by atoms with Gasteiger partial charge in [-0.15, -0.1) is 0 Å². The molecule has 19 heavy (non-hydrogen) atoms. The Balaban J connectivity index is 1.63. The molecule has 3 heteroatoms. The molecule has 0 aliphatic heterocycles. The highest BCUT2D eigenvalue weighted by atomic mass is 16.3. The quantitative estimate of drug-likeness (QED) is 0.769. The van der Waals surface area contributed by atoms with E-state index in [-0.39, 0.29) is 12.0 Å². The lowest BCUT2D eigenvalue weighted by Gasteiger charge is -2.26. The maximum absolute atomic E-state index is 12.0. The van der Waals surface area contributed by atoms with Crippen molar-refractivity contribution >= 4 is 5.91 Å². The van der Waals surface area contributed by atoms with E-state index in [1.165, 1.54) is 38.5 Å². The number of hydrogen-bond acceptors (Lipinski definition) is 2. The molecule has 2 rings (SSSR count). The first kappa shape index (κ1) is 14.8. The van der Waals surface area contributed by atoms with Crippen molar-refractivity contribution in [2.75, 3.05) is 6.54 Å². The Labute approximate surface area is 117 Å². The maximum Gasteiger partial charge on any atom is 0.220 e. The molecule has 0 saturated heterocycles. The summed E-state index contributed by atoms with van der Waals surface area (Å²) >= 11 is 0. The van der Waals surface area contributed by atoms with E-state index in [1.807, 2.05) is 0 Å². The Morgan fingerprint density at radius 2 is 1.63 bits per heavy atom. The van der Waals surface area contributed by atoms with Crippen LogP contribution in [0.5, 0.6) is 0 Å². The molecule has 2 aliphatic carbocycles. The number of aliphatic hydroxyl groups is 1. The van der Waals surface area contributed by atoms with Gasteiger partial charge in [0, 0.05) is 13.0 Å². The van der Waals surface area contributed by atoms with Gasteiger partial charge in [-0.1, -0.05) is 32.1 Å². The molecular formula is C16H29NO2. The van der Waals surface area contributed by atoms with Crippen LogP contribution >= 0.6 is 0 Å². The number of hydrogen-bond donors (Lipinski definition) is 2. The van der Waals surface area contributed by atoms with Crippen molar-refractivity contribution in [3.63, 3.8) is 0 Å². The topological polar surface area (TPSA) is 49.3 Å². The second-order valence-electron chi connectivity index (χ2n) is 6.55. The Bertz CT molecular complexity index is 272. The fourth-order valence-corrected chi connectivity index (χ4v) is 3.61. The van der Waals surface area contributed by atoms with Crippen LogP contribution in [0, 0.1) is 11.8 Å². The van der Waals surface area contributed by atoms with E-state index in [0.717, 1.165) is 38.6 Å². The zero-order valence-electron chi connectivity index (χ0n) is 12.1. The average Bonchev–Trinajstić information content (AvgIpc) is 2.65. The van der Waals surface area contributed by atoms with Crippen molar-refractivity contribution in [3.8, 4) is 0 Å².